The van der Waals surface area contributed by atoms with Gasteiger partial charge in [0.1, 0.15) is 17.3 Å². The highest BCUT2D eigenvalue weighted by Gasteiger charge is 2.14. The number of ether oxygens (including phenoxy) is 1. The van der Waals surface area contributed by atoms with Crippen LogP contribution < -0.4 is 26.0 Å². The van der Waals surface area contributed by atoms with E-state index >= 15 is 0 Å². The summed E-state index contributed by atoms with van der Waals surface area (Å²) in [6.07, 6.45) is 1.83. The SMILES string of the molecule is COc1cccc(NC(=O)Nc2cccc(CNc3cc(-c4ccccc4O)nc4c(PC)cnn34)c2)c1. The van der Waals surface area contributed by atoms with Crippen molar-refractivity contribution in [2.45, 2.75) is 6.54 Å². The molecular weight excluding hydrogens is 499 g/mol. The van der Waals surface area contributed by atoms with Gasteiger partial charge in [0.05, 0.1) is 19.0 Å². The van der Waals surface area contributed by atoms with E-state index in [-0.39, 0.29) is 11.8 Å². The van der Waals surface area contributed by atoms with Gasteiger partial charge in [0, 0.05) is 40.9 Å². The molecule has 0 aliphatic heterocycles. The average Bonchev–Trinajstić information content (AvgIpc) is 3.35. The third-order valence-electron chi connectivity index (χ3n) is 5.91. The van der Waals surface area contributed by atoms with Crippen molar-refractivity contribution < 1.29 is 14.6 Å². The number of hydrogen-bond donors (Lipinski definition) is 4. The molecule has 2 aromatic heterocycles. The molecule has 10 heteroatoms. The van der Waals surface area contributed by atoms with Gasteiger partial charge in [0.25, 0.3) is 0 Å². The maximum Gasteiger partial charge on any atom is 0.323 e. The number of benzene rings is 3. The van der Waals surface area contributed by atoms with E-state index in [9.17, 15) is 9.90 Å². The highest BCUT2D eigenvalue weighted by Crippen LogP contribution is 2.30. The third-order valence-corrected chi connectivity index (χ3v) is 6.80. The molecule has 38 heavy (non-hydrogen) atoms. The van der Waals surface area contributed by atoms with E-state index in [0.29, 0.717) is 43.5 Å². The monoisotopic (exact) mass is 526 g/mol. The summed E-state index contributed by atoms with van der Waals surface area (Å²) in [6, 6.07) is 23.4. The molecule has 0 aliphatic carbocycles. The van der Waals surface area contributed by atoms with Crippen LogP contribution in [0.3, 0.4) is 0 Å². The summed E-state index contributed by atoms with van der Waals surface area (Å²) in [5.41, 5.74) is 4.31. The average molecular weight is 527 g/mol. The Morgan fingerprint density at radius 1 is 1.00 bits per heavy atom. The van der Waals surface area contributed by atoms with E-state index in [4.69, 9.17) is 9.72 Å². The number of urea groups is 1. The van der Waals surface area contributed by atoms with Crippen LogP contribution in [0.5, 0.6) is 11.5 Å². The van der Waals surface area contributed by atoms with Gasteiger partial charge in [-0.05, 0) is 48.6 Å². The van der Waals surface area contributed by atoms with Crippen molar-refractivity contribution in [3.63, 3.8) is 0 Å². The first-order chi connectivity index (χ1) is 18.5. The fourth-order valence-corrected chi connectivity index (χ4v) is 4.61. The predicted molar refractivity (Wildman–Crippen MR) is 153 cm³/mol. The number of methoxy groups -OCH3 is 1. The number of nitrogens with zero attached hydrogens (tertiary/aromatic N) is 3. The lowest BCUT2D eigenvalue weighted by molar-refractivity contribution is 0.262. The Hall–Kier alpha value is -4.62. The molecule has 1 unspecified atom stereocenters. The standard InChI is InChI=1S/C28H27N6O3P/c1-37-21-10-6-9-20(14-21)32-28(36)31-19-8-5-7-18(13-19)16-29-26-15-23(22-11-3-4-12-24(22)35)33-27-25(38-2)17-30-34(26)27/h3-15,17,29,35,38H,16H2,1-2H3,(H2,31,32,36). The maximum absolute atomic E-state index is 12.5. The quantitative estimate of drug-likeness (QED) is 0.204. The van der Waals surface area contributed by atoms with Crippen LogP contribution in [0, 0.1) is 0 Å². The zero-order valence-corrected chi connectivity index (χ0v) is 21.9. The molecule has 9 nitrogen and oxygen atoms in total. The van der Waals surface area contributed by atoms with Gasteiger partial charge in [0.2, 0.25) is 0 Å². The number of hydrogen-bond acceptors (Lipinski definition) is 6. The van der Waals surface area contributed by atoms with Crippen LogP contribution in [0.15, 0.2) is 85.1 Å². The number of fused-ring (bicyclic) bond motifs is 1. The first kappa shape index (κ1) is 25.0. The first-order valence-electron chi connectivity index (χ1n) is 11.9. The van der Waals surface area contributed by atoms with E-state index in [1.54, 1.807) is 35.9 Å². The summed E-state index contributed by atoms with van der Waals surface area (Å²) in [5, 5.41) is 25.1. The Morgan fingerprint density at radius 3 is 2.53 bits per heavy atom. The second-order valence-electron chi connectivity index (χ2n) is 8.45. The number of nitrogens with one attached hydrogen (secondary N) is 3. The van der Waals surface area contributed by atoms with Crippen molar-refractivity contribution >= 4 is 42.8 Å². The molecule has 0 fully saturated rings. The summed E-state index contributed by atoms with van der Waals surface area (Å²) in [6.45, 7) is 2.57. The van der Waals surface area contributed by atoms with Crippen molar-refractivity contribution in [2.24, 2.45) is 0 Å². The Labute approximate surface area is 221 Å². The molecule has 0 saturated carbocycles. The van der Waals surface area contributed by atoms with Crippen LogP contribution in [0.2, 0.25) is 0 Å². The van der Waals surface area contributed by atoms with Crippen LogP contribution in [-0.4, -0.2) is 39.5 Å². The molecule has 0 spiro atoms. The van der Waals surface area contributed by atoms with Gasteiger partial charge in [-0.3, -0.25) is 0 Å². The summed E-state index contributed by atoms with van der Waals surface area (Å²) >= 11 is 0. The second-order valence-corrected chi connectivity index (χ2v) is 9.49. The zero-order chi connectivity index (χ0) is 26.5. The van der Waals surface area contributed by atoms with E-state index in [2.05, 4.69) is 27.7 Å². The molecule has 0 saturated heterocycles. The van der Waals surface area contributed by atoms with Crippen molar-refractivity contribution in [1.82, 2.24) is 14.6 Å². The minimum absolute atomic E-state index is 0.168. The fourth-order valence-electron chi connectivity index (χ4n) is 4.04. The predicted octanol–water partition coefficient (Wildman–Crippen LogP) is 5.30. The lowest BCUT2D eigenvalue weighted by Gasteiger charge is -2.13. The number of aromatic nitrogens is 3. The Kier molecular flexibility index (Phi) is 7.38. The number of phenolic OH excluding ortho intramolecular Hbond substituents is 1. The molecular formula is C28H27N6O3P. The van der Waals surface area contributed by atoms with Crippen LogP contribution in [0.4, 0.5) is 22.0 Å². The largest absolute Gasteiger partial charge is 0.507 e. The van der Waals surface area contributed by atoms with Crippen LogP contribution in [0.25, 0.3) is 16.9 Å². The first-order valence-corrected chi connectivity index (χ1v) is 13.4. The number of aromatic hydroxyl groups is 1. The highest BCUT2D eigenvalue weighted by molar-refractivity contribution is 7.46. The zero-order valence-electron chi connectivity index (χ0n) is 20.9. The summed E-state index contributed by atoms with van der Waals surface area (Å²) in [5.74, 6) is 1.57. The summed E-state index contributed by atoms with van der Waals surface area (Å²) in [7, 11) is 2.11. The molecule has 2 amide bonds. The van der Waals surface area contributed by atoms with Gasteiger partial charge < -0.3 is 25.8 Å². The van der Waals surface area contributed by atoms with E-state index in [1.807, 2.05) is 60.8 Å². The van der Waals surface area contributed by atoms with Crippen molar-refractivity contribution in [3.05, 3.63) is 90.6 Å². The van der Waals surface area contributed by atoms with E-state index < -0.39 is 0 Å². The third kappa shape index (κ3) is 5.53. The molecule has 4 N–H and O–H groups in total. The second kappa shape index (κ2) is 11.2. The molecule has 1 atom stereocenters. The topological polar surface area (TPSA) is 113 Å². The lowest BCUT2D eigenvalue weighted by atomic mass is 10.1. The van der Waals surface area contributed by atoms with Crippen molar-refractivity contribution in [2.75, 3.05) is 29.7 Å². The Morgan fingerprint density at radius 2 is 1.76 bits per heavy atom. The van der Waals surface area contributed by atoms with Gasteiger partial charge >= 0.3 is 6.03 Å². The molecule has 192 valence electrons. The maximum atomic E-state index is 12.5. The van der Waals surface area contributed by atoms with E-state index in [0.717, 1.165) is 22.3 Å². The number of rotatable bonds is 8. The number of phenols is 1. The lowest BCUT2D eigenvalue weighted by Crippen LogP contribution is -2.19. The molecule has 2 heterocycles. The van der Waals surface area contributed by atoms with Gasteiger partial charge in [0.15, 0.2) is 5.65 Å². The van der Waals surface area contributed by atoms with Crippen LogP contribution >= 0.6 is 8.58 Å². The number of carbonyl (C=O) groups excluding carboxylic acids is 1. The molecule has 5 aromatic rings. The minimum atomic E-state index is -0.351. The molecule has 3 aromatic carbocycles. The number of anilines is 3. The van der Waals surface area contributed by atoms with Gasteiger partial charge in [-0.25, -0.2) is 9.78 Å². The minimum Gasteiger partial charge on any atom is -0.507 e. The molecule has 0 aliphatic rings. The van der Waals surface area contributed by atoms with Crippen LogP contribution in [-0.2, 0) is 6.54 Å². The van der Waals surface area contributed by atoms with Gasteiger partial charge in [-0.1, -0.05) is 38.9 Å². The molecule has 5 rings (SSSR count). The summed E-state index contributed by atoms with van der Waals surface area (Å²) < 4.78 is 6.98. The van der Waals surface area contributed by atoms with Crippen molar-refractivity contribution in [1.29, 1.82) is 0 Å². The Bertz CT molecular complexity index is 1600. The number of amides is 2. The molecule has 0 bridgehead atoms. The Balaban J connectivity index is 1.34. The normalized spacial score (nSPS) is 11.1. The van der Waals surface area contributed by atoms with E-state index in [1.165, 1.54) is 0 Å². The number of carbonyl (C=O) groups is 1. The smallest absolute Gasteiger partial charge is 0.323 e. The van der Waals surface area contributed by atoms with Gasteiger partial charge in [-0.15, -0.1) is 0 Å². The van der Waals surface area contributed by atoms with Gasteiger partial charge in [-0.2, -0.15) is 9.61 Å². The molecule has 0 radical (unpaired) electrons. The fraction of sp³-hybridized carbons (Fsp3) is 0.107. The highest BCUT2D eigenvalue weighted by atomic mass is 31.1. The summed E-state index contributed by atoms with van der Waals surface area (Å²) in [4.78, 5) is 17.3. The van der Waals surface area contributed by atoms with Crippen LogP contribution in [0.1, 0.15) is 5.56 Å². The van der Waals surface area contributed by atoms with Crippen molar-refractivity contribution in [3.8, 4) is 22.8 Å². The number of para-hydroxylation sites is 1.